The summed E-state index contributed by atoms with van der Waals surface area (Å²) in [6.07, 6.45) is 0. The Morgan fingerprint density at radius 3 is 2.65 bits per heavy atom. The second-order valence-corrected chi connectivity index (χ2v) is 4.77. The fourth-order valence-corrected chi connectivity index (χ4v) is 2.80. The van der Waals surface area contributed by atoms with E-state index in [-0.39, 0.29) is 11.2 Å². The van der Waals surface area contributed by atoms with E-state index in [4.69, 9.17) is 14.2 Å². The van der Waals surface area contributed by atoms with Gasteiger partial charge >= 0.3 is 0 Å². The minimum absolute atomic E-state index is 0.0546. The number of methoxy groups -OCH3 is 1. The van der Waals surface area contributed by atoms with E-state index in [1.54, 1.807) is 13.2 Å². The van der Waals surface area contributed by atoms with Crippen LogP contribution in [0.5, 0.6) is 11.5 Å². The molecule has 2 fully saturated rings. The van der Waals surface area contributed by atoms with Crippen molar-refractivity contribution in [3.63, 3.8) is 0 Å². The number of fused-ring (bicyclic) bond motifs is 1. The lowest BCUT2D eigenvalue weighted by molar-refractivity contribution is 0.101. The van der Waals surface area contributed by atoms with Crippen LogP contribution in [0, 0.1) is 5.92 Å². The van der Waals surface area contributed by atoms with E-state index in [1.165, 1.54) is 0 Å². The molecule has 0 aliphatic carbocycles. The Morgan fingerprint density at radius 2 is 2.00 bits per heavy atom. The maximum atomic E-state index is 9.63. The van der Waals surface area contributed by atoms with Gasteiger partial charge in [0.15, 0.2) is 11.5 Å². The molecular weight excluding hydrogens is 220 g/mol. The molecule has 1 N–H and O–H groups in total. The molecule has 1 aromatic rings. The van der Waals surface area contributed by atoms with Crippen LogP contribution in [0.15, 0.2) is 18.2 Å². The zero-order chi connectivity index (χ0) is 11.9. The molecule has 4 nitrogen and oxygen atoms in total. The lowest BCUT2D eigenvalue weighted by Crippen LogP contribution is -2.33. The summed E-state index contributed by atoms with van der Waals surface area (Å²) in [5.41, 5.74) is 1.08. The molecule has 0 spiro atoms. The lowest BCUT2D eigenvalue weighted by atomic mass is 9.75. The van der Waals surface area contributed by atoms with Crippen LogP contribution < -0.4 is 4.74 Å². The molecule has 2 aliphatic heterocycles. The van der Waals surface area contributed by atoms with Crippen LogP contribution in [-0.4, -0.2) is 38.6 Å². The molecule has 2 heterocycles. The summed E-state index contributed by atoms with van der Waals surface area (Å²) in [6, 6.07) is 5.51. The normalized spacial score (nSPS) is 31.5. The fourth-order valence-electron chi connectivity index (χ4n) is 2.80. The van der Waals surface area contributed by atoms with Gasteiger partial charge in [0.25, 0.3) is 0 Å². The summed E-state index contributed by atoms with van der Waals surface area (Å²) in [5.74, 6) is 1.09. The molecule has 0 atom stereocenters. The van der Waals surface area contributed by atoms with E-state index in [2.05, 4.69) is 0 Å². The highest BCUT2D eigenvalue weighted by molar-refractivity contribution is 5.45. The minimum atomic E-state index is -0.0546. The standard InChI is InChI=1S/C13H16O4/c1-15-12-4-9(2-3-11(12)14)13-7-16-5-10(13)6-17-8-13/h2-4,10,14H,5-8H2,1H3. The van der Waals surface area contributed by atoms with Crippen molar-refractivity contribution in [2.24, 2.45) is 5.92 Å². The lowest BCUT2D eigenvalue weighted by Gasteiger charge is -2.26. The average molecular weight is 236 g/mol. The van der Waals surface area contributed by atoms with Gasteiger partial charge in [-0.15, -0.1) is 0 Å². The zero-order valence-electron chi connectivity index (χ0n) is 9.81. The molecule has 0 amide bonds. The Labute approximate surface area is 100 Å². The number of hydrogen-bond donors (Lipinski definition) is 1. The molecule has 92 valence electrons. The number of benzene rings is 1. The third kappa shape index (κ3) is 1.51. The van der Waals surface area contributed by atoms with Crippen molar-refractivity contribution in [1.82, 2.24) is 0 Å². The summed E-state index contributed by atoms with van der Waals surface area (Å²) in [7, 11) is 1.56. The predicted octanol–water partition coefficient (Wildman–Crippen LogP) is 1.32. The number of aromatic hydroxyl groups is 1. The first-order valence-corrected chi connectivity index (χ1v) is 5.79. The van der Waals surface area contributed by atoms with E-state index in [0.29, 0.717) is 24.9 Å². The van der Waals surface area contributed by atoms with E-state index < -0.39 is 0 Å². The fraction of sp³-hybridized carbons (Fsp3) is 0.538. The zero-order valence-corrected chi connectivity index (χ0v) is 9.81. The summed E-state index contributed by atoms with van der Waals surface area (Å²) in [6.45, 7) is 2.88. The second-order valence-electron chi connectivity index (χ2n) is 4.77. The van der Waals surface area contributed by atoms with Crippen LogP contribution >= 0.6 is 0 Å². The van der Waals surface area contributed by atoms with Crippen molar-refractivity contribution < 1.29 is 19.3 Å². The Kier molecular flexibility index (Phi) is 2.49. The first-order valence-electron chi connectivity index (χ1n) is 5.79. The minimum Gasteiger partial charge on any atom is -0.504 e. The SMILES string of the molecule is COc1cc(C23COCC2COC3)ccc1O. The van der Waals surface area contributed by atoms with Gasteiger partial charge in [0.2, 0.25) is 0 Å². The predicted molar refractivity (Wildman–Crippen MR) is 61.5 cm³/mol. The van der Waals surface area contributed by atoms with Crippen molar-refractivity contribution in [3.05, 3.63) is 23.8 Å². The topological polar surface area (TPSA) is 47.9 Å². The first-order chi connectivity index (χ1) is 8.26. The summed E-state index contributed by atoms with van der Waals surface area (Å²) in [4.78, 5) is 0. The number of phenolic OH excluding ortho intramolecular Hbond substituents is 1. The van der Waals surface area contributed by atoms with Gasteiger partial charge in [-0.05, 0) is 17.7 Å². The quantitative estimate of drug-likeness (QED) is 0.841. The second kappa shape index (κ2) is 3.89. The Morgan fingerprint density at radius 1 is 1.29 bits per heavy atom. The van der Waals surface area contributed by atoms with Crippen molar-refractivity contribution in [2.75, 3.05) is 33.5 Å². The van der Waals surface area contributed by atoms with Crippen LogP contribution in [0.3, 0.4) is 0 Å². The number of hydrogen-bond acceptors (Lipinski definition) is 4. The summed E-state index contributed by atoms with van der Waals surface area (Å²) in [5, 5.41) is 9.63. The smallest absolute Gasteiger partial charge is 0.160 e. The molecule has 17 heavy (non-hydrogen) atoms. The van der Waals surface area contributed by atoms with Gasteiger partial charge in [-0.1, -0.05) is 6.07 Å². The van der Waals surface area contributed by atoms with Crippen molar-refractivity contribution in [3.8, 4) is 11.5 Å². The highest BCUT2D eigenvalue weighted by Gasteiger charge is 2.49. The molecule has 1 aromatic carbocycles. The van der Waals surface area contributed by atoms with Gasteiger partial charge < -0.3 is 19.3 Å². The van der Waals surface area contributed by atoms with E-state index in [0.717, 1.165) is 18.8 Å². The molecule has 2 saturated heterocycles. The highest BCUT2D eigenvalue weighted by atomic mass is 16.5. The molecule has 0 saturated carbocycles. The number of phenols is 1. The Balaban J connectivity index is 2.03. The molecule has 0 unspecified atom stereocenters. The molecule has 0 radical (unpaired) electrons. The Bertz CT molecular complexity index is 419. The molecule has 4 heteroatoms. The van der Waals surface area contributed by atoms with Gasteiger partial charge in [-0.25, -0.2) is 0 Å². The summed E-state index contributed by atoms with van der Waals surface area (Å²) < 4.78 is 16.3. The van der Waals surface area contributed by atoms with Crippen LogP contribution in [0.25, 0.3) is 0 Å². The number of rotatable bonds is 2. The highest BCUT2D eigenvalue weighted by Crippen LogP contribution is 2.44. The molecule has 2 aliphatic rings. The first kappa shape index (κ1) is 10.9. The number of ether oxygens (including phenoxy) is 3. The van der Waals surface area contributed by atoms with Gasteiger partial charge in [0.1, 0.15) is 0 Å². The third-order valence-corrected chi connectivity index (χ3v) is 3.89. The molecular formula is C13H16O4. The van der Waals surface area contributed by atoms with Gasteiger partial charge in [0, 0.05) is 11.3 Å². The van der Waals surface area contributed by atoms with Crippen LogP contribution in [0.1, 0.15) is 5.56 Å². The Hall–Kier alpha value is -1.26. The molecule has 0 bridgehead atoms. The summed E-state index contributed by atoms with van der Waals surface area (Å²) >= 11 is 0. The van der Waals surface area contributed by atoms with Crippen molar-refractivity contribution >= 4 is 0 Å². The maximum absolute atomic E-state index is 9.63. The van der Waals surface area contributed by atoms with Gasteiger partial charge in [-0.2, -0.15) is 0 Å². The van der Waals surface area contributed by atoms with Crippen molar-refractivity contribution in [1.29, 1.82) is 0 Å². The third-order valence-electron chi connectivity index (χ3n) is 3.89. The largest absolute Gasteiger partial charge is 0.504 e. The van der Waals surface area contributed by atoms with E-state index >= 15 is 0 Å². The van der Waals surface area contributed by atoms with Gasteiger partial charge in [0.05, 0.1) is 33.5 Å². The van der Waals surface area contributed by atoms with E-state index in [1.807, 2.05) is 12.1 Å². The maximum Gasteiger partial charge on any atom is 0.160 e. The van der Waals surface area contributed by atoms with Crippen LogP contribution in [0.4, 0.5) is 0 Å². The van der Waals surface area contributed by atoms with E-state index in [9.17, 15) is 5.11 Å². The van der Waals surface area contributed by atoms with Crippen LogP contribution in [-0.2, 0) is 14.9 Å². The molecule has 0 aromatic heterocycles. The average Bonchev–Trinajstić information content (AvgIpc) is 2.89. The van der Waals surface area contributed by atoms with Gasteiger partial charge in [-0.3, -0.25) is 0 Å². The van der Waals surface area contributed by atoms with Crippen molar-refractivity contribution in [2.45, 2.75) is 5.41 Å². The monoisotopic (exact) mass is 236 g/mol. The van der Waals surface area contributed by atoms with Crippen LogP contribution in [0.2, 0.25) is 0 Å². The molecule has 3 rings (SSSR count).